The minimum atomic E-state index is -4.33. The summed E-state index contributed by atoms with van der Waals surface area (Å²) < 4.78 is 40.8. The summed E-state index contributed by atoms with van der Waals surface area (Å²) in [5.74, 6) is -0.321. The number of anilines is 1. The van der Waals surface area contributed by atoms with E-state index >= 15 is 0 Å². The second kappa shape index (κ2) is 17.0. The van der Waals surface area contributed by atoms with Crippen molar-refractivity contribution >= 4 is 39.1 Å². The molecule has 0 aromatic heterocycles. The molecule has 4 aromatic carbocycles. The lowest BCUT2D eigenvalue weighted by Gasteiger charge is -2.34. The number of ether oxygens (including phenoxy) is 2. The summed E-state index contributed by atoms with van der Waals surface area (Å²) in [6, 6.07) is 26.6. The van der Waals surface area contributed by atoms with Crippen LogP contribution in [0, 0.1) is 6.92 Å². The maximum Gasteiger partial charge on any atom is 0.264 e. The van der Waals surface area contributed by atoms with Crippen LogP contribution in [0.3, 0.4) is 0 Å². The zero-order valence-electron chi connectivity index (χ0n) is 27.7. The van der Waals surface area contributed by atoms with Crippen molar-refractivity contribution in [3.63, 3.8) is 0 Å². The molecule has 4 rings (SSSR count). The quantitative estimate of drug-likeness (QED) is 0.136. The predicted octanol–water partition coefficient (Wildman–Crippen LogP) is 6.42. The lowest BCUT2D eigenvalue weighted by atomic mass is 10.0. The third-order valence-corrected chi connectivity index (χ3v) is 9.94. The molecule has 1 atom stereocenters. The Bertz CT molecular complexity index is 1770. The molecule has 0 radical (unpaired) electrons. The van der Waals surface area contributed by atoms with Crippen LogP contribution in [0.25, 0.3) is 0 Å². The first kappa shape index (κ1) is 36.3. The molecule has 0 aliphatic heterocycles. The number of amides is 2. The monoisotopic (exact) mass is 691 g/mol. The van der Waals surface area contributed by atoms with Gasteiger partial charge in [-0.05, 0) is 60.9 Å². The Morgan fingerprint density at radius 3 is 2.19 bits per heavy atom. The molecule has 11 heteroatoms. The van der Waals surface area contributed by atoms with Gasteiger partial charge in [-0.25, -0.2) is 8.42 Å². The van der Waals surface area contributed by atoms with Gasteiger partial charge < -0.3 is 19.7 Å². The number of benzene rings is 4. The largest absolute Gasteiger partial charge is 0.497 e. The molecule has 0 saturated heterocycles. The van der Waals surface area contributed by atoms with Gasteiger partial charge in [-0.2, -0.15) is 0 Å². The molecule has 0 saturated carbocycles. The zero-order valence-corrected chi connectivity index (χ0v) is 29.3. The molecule has 0 fully saturated rings. The first-order valence-electron chi connectivity index (χ1n) is 15.7. The number of methoxy groups -OCH3 is 2. The first-order valence-corrected chi connectivity index (χ1v) is 17.6. The van der Waals surface area contributed by atoms with Gasteiger partial charge in [0.2, 0.25) is 11.8 Å². The number of hydrogen-bond donors (Lipinski definition) is 1. The fraction of sp³-hybridized carbons (Fsp3) is 0.297. The van der Waals surface area contributed by atoms with Gasteiger partial charge in [0, 0.05) is 30.6 Å². The fourth-order valence-electron chi connectivity index (χ4n) is 5.19. The van der Waals surface area contributed by atoms with Crippen LogP contribution < -0.4 is 19.1 Å². The van der Waals surface area contributed by atoms with Gasteiger partial charge >= 0.3 is 0 Å². The third kappa shape index (κ3) is 9.29. The van der Waals surface area contributed by atoms with E-state index in [0.29, 0.717) is 17.3 Å². The van der Waals surface area contributed by atoms with Crippen LogP contribution in [0.1, 0.15) is 36.5 Å². The van der Waals surface area contributed by atoms with Gasteiger partial charge in [-0.3, -0.25) is 13.9 Å². The number of aryl methyl sites for hydroxylation is 1. The molecule has 9 nitrogen and oxygen atoms in total. The smallest absolute Gasteiger partial charge is 0.264 e. The number of carbonyl (C=O) groups is 2. The minimum Gasteiger partial charge on any atom is -0.497 e. The Labute approximate surface area is 288 Å². The summed E-state index contributed by atoms with van der Waals surface area (Å²) in [6.45, 7) is 3.73. The second-order valence-corrected chi connectivity index (χ2v) is 13.7. The molecule has 2 amide bonds. The lowest BCUT2D eigenvalue weighted by molar-refractivity contribution is -0.140. The molecule has 1 unspecified atom stereocenters. The summed E-state index contributed by atoms with van der Waals surface area (Å²) in [7, 11) is -1.43. The molecule has 1 N–H and O–H groups in total. The van der Waals surface area contributed by atoms with Crippen molar-refractivity contribution in [1.82, 2.24) is 10.2 Å². The van der Waals surface area contributed by atoms with E-state index in [2.05, 4.69) is 5.32 Å². The van der Waals surface area contributed by atoms with Crippen molar-refractivity contribution in [3.05, 3.63) is 119 Å². The first-order chi connectivity index (χ1) is 23.1. The Kier molecular flexibility index (Phi) is 12.9. The van der Waals surface area contributed by atoms with Crippen molar-refractivity contribution in [2.24, 2.45) is 0 Å². The van der Waals surface area contributed by atoms with Crippen LogP contribution in [0.4, 0.5) is 5.69 Å². The number of nitrogens with zero attached hydrogens (tertiary/aromatic N) is 2. The average Bonchev–Trinajstić information content (AvgIpc) is 3.09. The number of carbonyl (C=O) groups excluding carboxylic acids is 2. The highest BCUT2D eigenvalue weighted by atomic mass is 35.5. The van der Waals surface area contributed by atoms with Gasteiger partial charge in [0.15, 0.2) is 0 Å². The number of rotatable bonds is 16. The number of sulfonamides is 1. The standard InChI is InChI=1S/C37H42ClN3O6S/c1-5-6-22-39-37(43)34(23-28-10-8-7-9-11-28)40(25-29-14-16-30(38)17-15-29)36(42)26-41(33-24-31(46-3)18-21-35(33)47-4)48(44,45)32-19-12-27(2)13-20-32/h7-21,24,34H,5-6,22-23,25-26H2,1-4H3,(H,39,43). The second-order valence-electron chi connectivity index (χ2n) is 11.4. The molecule has 0 aliphatic rings. The average molecular weight is 692 g/mol. The Hall–Kier alpha value is -4.54. The lowest BCUT2D eigenvalue weighted by Crippen LogP contribution is -2.53. The topological polar surface area (TPSA) is 105 Å². The maximum atomic E-state index is 14.7. The summed E-state index contributed by atoms with van der Waals surface area (Å²) in [5.41, 5.74) is 2.56. The van der Waals surface area contributed by atoms with Crippen LogP contribution in [0.2, 0.25) is 5.02 Å². The highest BCUT2D eigenvalue weighted by Crippen LogP contribution is 2.36. The molecular formula is C37H42ClN3O6S. The van der Waals surface area contributed by atoms with E-state index in [1.165, 1.54) is 37.3 Å². The van der Waals surface area contributed by atoms with Crippen molar-refractivity contribution in [2.75, 3.05) is 31.6 Å². The highest BCUT2D eigenvalue weighted by Gasteiger charge is 2.35. The molecule has 48 heavy (non-hydrogen) atoms. The molecule has 0 heterocycles. The van der Waals surface area contributed by atoms with E-state index in [1.807, 2.05) is 44.2 Å². The van der Waals surface area contributed by atoms with Crippen LogP contribution in [0.5, 0.6) is 11.5 Å². The van der Waals surface area contributed by atoms with Crippen molar-refractivity contribution < 1.29 is 27.5 Å². The SMILES string of the molecule is CCCCNC(=O)C(Cc1ccccc1)N(Cc1ccc(Cl)cc1)C(=O)CN(c1cc(OC)ccc1OC)S(=O)(=O)c1ccc(C)cc1. The summed E-state index contributed by atoms with van der Waals surface area (Å²) in [5, 5.41) is 3.51. The van der Waals surface area contributed by atoms with Gasteiger partial charge in [-0.15, -0.1) is 0 Å². The maximum absolute atomic E-state index is 14.7. The van der Waals surface area contributed by atoms with E-state index < -0.39 is 28.5 Å². The van der Waals surface area contributed by atoms with Crippen molar-refractivity contribution in [1.29, 1.82) is 0 Å². The van der Waals surface area contributed by atoms with E-state index in [1.54, 1.807) is 48.5 Å². The van der Waals surface area contributed by atoms with Crippen molar-refractivity contribution in [3.8, 4) is 11.5 Å². The molecular weight excluding hydrogens is 650 g/mol. The summed E-state index contributed by atoms with van der Waals surface area (Å²) in [6.07, 6.45) is 1.86. The van der Waals surface area contributed by atoms with Crippen LogP contribution >= 0.6 is 11.6 Å². The number of halogens is 1. The molecule has 254 valence electrons. The van der Waals surface area contributed by atoms with Gasteiger partial charge in [0.1, 0.15) is 24.1 Å². The fourth-order valence-corrected chi connectivity index (χ4v) is 6.73. The predicted molar refractivity (Wildman–Crippen MR) is 189 cm³/mol. The van der Waals surface area contributed by atoms with Crippen LogP contribution in [0.15, 0.2) is 102 Å². The molecule has 0 spiro atoms. The Balaban J connectivity index is 1.85. The molecule has 0 aliphatic carbocycles. The number of hydrogen-bond acceptors (Lipinski definition) is 6. The van der Waals surface area contributed by atoms with Gasteiger partial charge in [0.25, 0.3) is 10.0 Å². The summed E-state index contributed by atoms with van der Waals surface area (Å²) in [4.78, 5) is 30.0. The zero-order chi connectivity index (χ0) is 34.7. The van der Waals surface area contributed by atoms with Crippen LogP contribution in [-0.4, -0.2) is 58.5 Å². The van der Waals surface area contributed by atoms with E-state index in [0.717, 1.165) is 33.8 Å². The van der Waals surface area contributed by atoms with Crippen LogP contribution in [-0.2, 0) is 32.6 Å². The Morgan fingerprint density at radius 1 is 0.875 bits per heavy atom. The molecule has 0 bridgehead atoms. The number of nitrogens with one attached hydrogen (secondary N) is 1. The normalized spacial score (nSPS) is 11.8. The van der Waals surface area contributed by atoms with Crippen molar-refractivity contribution in [2.45, 2.75) is 50.6 Å². The third-order valence-electron chi connectivity index (χ3n) is 7.91. The van der Waals surface area contributed by atoms with E-state index in [9.17, 15) is 18.0 Å². The van der Waals surface area contributed by atoms with E-state index in [-0.39, 0.29) is 35.2 Å². The Morgan fingerprint density at radius 2 is 1.56 bits per heavy atom. The van der Waals surface area contributed by atoms with Gasteiger partial charge in [-0.1, -0.05) is 85.1 Å². The minimum absolute atomic E-state index is 0.00633. The number of unbranched alkanes of at least 4 members (excludes halogenated alkanes) is 1. The molecule has 4 aromatic rings. The van der Waals surface area contributed by atoms with Gasteiger partial charge in [0.05, 0.1) is 24.8 Å². The summed E-state index contributed by atoms with van der Waals surface area (Å²) >= 11 is 6.17. The highest BCUT2D eigenvalue weighted by molar-refractivity contribution is 7.92. The van der Waals surface area contributed by atoms with E-state index in [4.69, 9.17) is 21.1 Å².